The molecule has 0 radical (unpaired) electrons. The van der Waals surface area contributed by atoms with E-state index in [2.05, 4.69) is 12.1 Å². The van der Waals surface area contributed by atoms with E-state index < -0.39 is 5.97 Å². The number of ether oxygens (including phenoxy) is 2. The van der Waals surface area contributed by atoms with Gasteiger partial charge in [0, 0.05) is 6.92 Å². The van der Waals surface area contributed by atoms with E-state index in [1.807, 2.05) is 18.2 Å². The standard InChI is InChI=1S/C18H18O4/c1-14(19)22-17-11-9-16(10-12-17)18(20)21-13-5-8-15-6-3-2-4-7-15/h2-4,6-7,9-12H,5,8,13H2,1H3. The van der Waals surface area contributed by atoms with Gasteiger partial charge < -0.3 is 9.47 Å². The Hall–Kier alpha value is -2.62. The molecule has 0 atom stereocenters. The topological polar surface area (TPSA) is 52.6 Å². The minimum Gasteiger partial charge on any atom is -0.462 e. The molecule has 2 rings (SSSR count). The van der Waals surface area contributed by atoms with Crippen molar-refractivity contribution in [2.75, 3.05) is 6.61 Å². The summed E-state index contributed by atoms with van der Waals surface area (Å²) < 4.78 is 10.1. The zero-order valence-electron chi connectivity index (χ0n) is 12.5. The molecule has 0 bridgehead atoms. The van der Waals surface area contributed by atoms with Crippen LogP contribution in [-0.2, 0) is 16.0 Å². The quantitative estimate of drug-likeness (QED) is 0.466. The van der Waals surface area contributed by atoms with Gasteiger partial charge in [-0.3, -0.25) is 4.79 Å². The van der Waals surface area contributed by atoms with Crippen LogP contribution < -0.4 is 4.74 Å². The fourth-order valence-corrected chi connectivity index (χ4v) is 1.99. The highest BCUT2D eigenvalue weighted by molar-refractivity contribution is 5.89. The Morgan fingerprint density at radius 1 is 0.955 bits per heavy atom. The molecule has 0 unspecified atom stereocenters. The first kappa shape index (κ1) is 15.8. The van der Waals surface area contributed by atoms with Crippen LogP contribution in [0.1, 0.15) is 29.3 Å². The van der Waals surface area contributed by atoms with Crippen LogP contribution in [0.15, 0.2) is 54.6 Å². The van der Waals surface area contributed by atoms with Crippen molar-refractivity contribution in [1.29, 1.82) is 0 Å². The predicted octanol–water partition coefficient (Wildman–Crippen LogP) is 3.40. The summed E-state index contributed by atoms with van der Waals surface area (Å²) in [7, 11) is 0. The Morgan fingerprint density at radius 2 is 1.64 bits per heavy atom. The maximum Gasteiger partial charge on any atom is 0.338 e. The SMILES string of the molecule is CC(=O)Oc1ccc(C(=O)OCCCc2ccccc2)cc1. The molecule has 114 valence electrons. The van der Waals surface area contributed by atoms with Gasteiger partial charge in [0.05, 0.1) is 12.2 Å². The van der Waals surface area contributed by atoms with Crippen LogP contribution in [0, 0.1) is 0 Å². The summed E-state index contributed by atoms with van der Waals surface area (Å²) in [5, 5.41) is 0. The van der Waals surface area contributed by atoms with Gasteiger partial charge in [-0.25, -0.2) is 4.79 Å². The average molecular weight is 298 g/mol. The van der Waals surface area contributed by atoms with Crippen LogP contribution in [0.5, 0.6) is 5.75 Å². The fourth-order valence-electron chi connectivity index (χ4n) is 1.99. The van der Waals surface area contributed by atoms with Crippen molar-refractivity contribution < 1.29 is 19.1 Å². The largest absolute Gasteiger partial charge is 0.462 e. The number of benzene rings is 2. The van der Waals surface area contributed by atoms with E-state index in [1.54, 1.807) is 24.3 Å². The van der Waals surface area contributed by atoms with Crippen molar-refractivity contribution in [3.63, 3.8) is 0 Å². The second-order valence-electron chi connectivity index (χ2n) is 4.84. The summed E-state index contributed by atoms with van der Waals surface area (Å²) >= 11 is 0. The van der Waals surface area contributed by atoms with Crippen molar-refractivity contribution in [2.24, 2.45) is 0 Å². The van der Waals surface area contributed by atoms with Crippen molar-refractivity contribution in [2.45, 2.75) is 19.8 Å². The molecule has 2 aromatic carbocycles. The number of hydrogen-bond acceptors (Lipinski definition) is 4. The summed E-state index contributed by atoms with van der Waals surface area (Å²) in [4.78, 5) is 22.7. The second kappa shape index (κ2) is 7.98. The number of rotatable bonds is 6. The number of hydrogen-bond donors (Lipinski definition) is 0. The van der Waals surface area contributed by atoms with Crippen molar-refractivity contribution >= 4 is 11.9 Å². The van der Waals surface area contributed by atoms with Gasteiger partial charge in [0.1, 0.15) is 5.75 Å². The minimum atomic E-state index is -0.392. The maximum atomic E-state index is 11.9. The lowest BCUT2D eigenvalue weighted by Crippen LogP contribution is -2.07. The van der Waals surface area contributed by atoms with Crippen LogP contribution in [0.4, 0.5) is 0 Å². The summed E-state index contributed by atoms with van der Waals surface area (Å²) in [6, 6.07) is 16.4. The summed E-state index contributed by atoms with van der Waals surface area (Å²) in [6.45, 7) is 1.70. The van der Waals surface area contributed by atoms with Gasteiger partial charge in [0.15, 0.2) is 0 Å². The lowest BCUT2D eigenvalue weighted by Gasteiger charge is -2.06. The second-order valence-corrected chi connectivity index (χ2v) is 4.84. The average Bonchev–Trinajstić information content (AvgIpc) is 2.52. The fraction of sp³-hybridized carbons (Fsp3) is 0.222. The summed E-state index contributed by atoms with van der Waals surface area (Å²) in [6.07, 6.45) is 1.65. The normalized spacial score (nSPS) is 10.0. The molecule has 0 amide bonds. The van der Waals surface area contributed by atoms with Crippen LogP contribution in [0.3, 0.4) is 0 Å². The zero-order valence-corrected chi connectivity index (χ0v) is 12.5. The van der Waals surface area contributed by atoms with E-state index in [0.29, 0.717) is 17.9 Å². The van der Waals surface area contributed by atoms with Crippen molar-refractivity contribution in [1.82, 2.24) is 0 Å². The number of aryl methyl sites for hydroxylation is 1. The van der Waals surface area contributed by atoms with E-state index >= 15 is 0 Å². The molecule has 0 heterocycles. The third kappa shape index (κ3) is 5.05. The van der Waals surface area contributed by atoms with Gasteiger partial charge in [-0.15, -0.1) is 0 Å². The molecule has 4 heteroatoms. The number of carbonyl (C=O) groups is 2. The van der Waals surface area contributed by atoms with E-state index in [4.69, 9.17) is 9.47 Å². The lowest BCUT2D eigenvalue weighted by atomic mass is 10.1. The number of esters is 2. The Kier molecular flexibility index (Phi) is 5.72. The molecule has 0 saturated carbocycles. The first-order valence-electron chi connectivity index (χ1n) is 7.14. The Balaban J connectivity index is 1.76. The van der Waals surface area contributed by atoms with Gasteiger partial charge >= 0.3 is 11.9 Å². The van der Waals surface area contributed by atoms with Gasteiger partial charge in [-0.2, -0.15) is 0 Å². The van der Waals surface area contributed by atoms with Gasteiger partial charge in [-0.05, 0) is 42.7 Å². The van der Waals surface area contributed by atoms with Gasteiger partial charge in [0.2, 0.25) is 0 Å². The Labute approximate surface area is 129 Å². The molecule has 0 N–H and O–H groups in total. The third-order valence-corrected chi connectivity index (χ3v) is 3.04. The van der Waals surface area contributed by atoms with Gasteiger partial charge in [-0.1, -0.05) is 30.3 Å². The maximum absolute atomic E-state index is 11.9. The first-order chi connectivity index (χ1) is 10.6. The van der Waals surface area contributed by atoms with Gasteiger partial charge in [0.25, 0.3) is 0 Å². The highest BCUT2D eigenvalue weighted by atomic mass is 16.5. The summed E-state index contributed by atoms with van der Waals surface area (Å²) in [5.41, 5.74) is 1.67. The highest BCUT2D eigenvalue weighted by Crippen LogP contribution is 2.13. The molecule has 0 fully saturated rings. The molecule has 4 nitrogen and oxygen atoms in total. The zero-order chi connectivity index (χ0) is 15.8. The van der Waals surface area contributed by atoms with E-state index in [9.17, 15) is 9.59 Å². The van der Waals surface area contributed by atoms with E-state index in [-0.39, 0.29) is 5.97 Å². The smallest absolute Gasteiger partial charge is 0.338 e. The molecule has 0 aliphatic rings. The first-order valence-corrected chi connectivity index (χ1v) is 7.14. The molecule has 0 spiro atoms. The highest BCUT2D eigenvalue weighted by Gasteiger charge is 2.07. The lowest BCUT2D eigenvalue weighted by molar-refractivity contribution is -0.131. The monoisotopic (exact) mass is 298 g/mol. The predicted molar refractivity (Wildman–Crippen MR) is 82.8 cm³/mol. The molecule has 0 aliphatic carbocycles. The Bertz CT molecular complexity index is 617. The van der Waals surface area contributed by atoms with Crippen molar-refractivity contribution in [3.05, 3.63) is 65.7 Å². The van der Waals surface area contributed by atoms with Crippen molar-refractivity contribution in [3.8, 4) is 5.75 Å². The van der Waals surface area contributed by atoms with Crippen LogP contribution in [0.2, 0.25) is 0 Å². The molecule has 0 aromatic heterocycles. The van der Waals surface area contributed by atoms with E-state index in [0.717, 1.165) is 12.8 Å². The molecule has 2 aromatic rings. The minimum absolute atomic E-state index is 0.373. The van der Waals surface area contributed by atoms with Crippen LogP contribution in [0.25, 0.3) is 0 Å². The molecule has 22 heavy (non-hydrogen) atoms. The molecular weight excluding hydrogens is 280 g/mol. The van der Waals surface area contributed by atoms with Crippen LogP contribution >= 0.6 is 0 Å². The molecule has 0 aliphatic heterocycles. The Morgan fingerprint density at radius 3 is 2.27 bits per heavy atom. The molecule has 0 saturated heterocycles. The third-order valence-electron chi connectivity index (χ3n) is 3.04. The summed E-state index contributed by atoms with van der Waals surface area (Å²) in [5.74, 6) is -0.355. The number of carbonyl (C=O) groups excluding carboxylic acids is 2. The van der Waals surface area contributed by atoms with Crippen LogP contribution in [-0.4, -0.2) is 18.5 Å². The van der Waals surface area contributed by atoms with E-state index in [1.165, 1.54) is 12.5 Å². The molecular formula is C18H18O4.